The van der Waals surface area contributed by atoms with Crippen molar-refractivity contribution in [3.05, 3.63) is 71.0 Å². The fourth-order valence-electron chi connectivity index (χ4n) is 1.96. The van der Waals surface area contributed by atoms with E-state index in [4.69, 9.17) is 0 Å². The van der Waals surface area contributed by atoms with Gasteiger partial charge in [-0.2, -0.15) is 0 Å². The van der Waals surface area contributed by atoms with Crippen LogP contribution in [0.2, 0.25) is 0 Å². The number of ketones is 1. The fraction of sp³-hybridized carbons (Fsp3) is 0.0625. The number of hydrogen-bond donors (Lipinski definition) is 1. The highest BCUT2D eigenvalue weighted by Crippen LogP contribution is 2.25. The molecule has 0 aliphatic heterocycles. The lowest BCUT2D eigenvalue weighted by molar-refractivity contribution is 0.104. The summed E-state index contributed by atoms with van der Waals surface area (Å²) >= 11 is 1.35. The van der Waals surface area contributed by atoms with Crippen molar-refractivity contribution in [2.24, 2.45) is 0 Å². The van der Waals surface area contributed by atoms with Gasteiger partial charge in [0, 0.05) is 23.6 Å². The van der Waals surface area contributed by atoms with Gasteiger partial charge in [-0.05, 0) is 24.6 Å². The van der Waals surface area contributed by atoms with Crippen LogP contribution < -0.4 is 5.32 Å². The molecule has 3 aromatic rings. The van der Waals surface area contributed by atoms with E-state index in [1.54, 1.807) is 18.6 Å². The van der Waals surface area contributed by atoms with Crippen LogP contribution in [0, 0.1) is 6.92 Å². The number of carbonyl (C=O) groups excluding carboxylic acids is 1. The van der Waals surface area contributed by atoms with Gasteiger partial charge in [-0.1, -0.05) is 35.6 Å². The van der Waals surface area contributed by atoms with E-state index in [2.05, 4.69) is 15.3 Å². The van der Waals surface area contributed by atoms with Crippen LogP contribution in [-0.4, -0.2) is 15.8 Å². The van der Waals surface area contributed by atoms with Crippen molar-refractivity contribution >= 4 is 27.9 Å². The summed E-state index contributed by atoms with van der Waals surface area (Å²) in [7, 11) is 0. The molecule has 104 valence electrons. The highest BCUT2D eigenvalue weighted by Gasteiger charge is 2.14. The minimum atomic E-state index is 0.00776. The molecule has 1 N–H and O–H groups in total. The van der Waals surface area contributed by atoms with E-state index >= 15 is 0 Å². The first-order valence-electron chi connectivity index (χ1n) is 6.47. The second kappa shape index (κ2) is 5.85. The first-order chi connectivity index (χ1) is 10.2. The number of nitrogens with one attached hydrogen (secondary N) is 1. The van der Waals surface area contributed by atoms with Crippen molar-refractivity contribution in [2.45, 2.75) is 6.92 Å². The van der Waals surface area contributed by atoms with Crippen molar-refractivity contribution in [1.29, 1.82) is 0 Å². The SMILES string of the molecule is Cc1ccccc1C(=O)c1cnc(Nc2ccncc2)s1. The van der Waals surface area contributed by atoms with Gasteiger partial charge in [0.05, 0.1) is 11.1 Å². The highest BCUT2D eigenvalue weighted by molar-refractivity contribution is 7.17. The molecule has 3 rings (SSSR count). The van der Waals surface area contributed by atoms with E-state index in [0.29, 0.717) is 10.0 Å². The number of thiazole rings is 1. The number of rotatable bonds is 4. The standard InChI is InChI=1S/C16H13N3OS/c1-11-4-2-3-5-13(11)15(20)14-10-18-16(21-14)19-12-6-8-17-9-7-12/h2-10H,1H3,(H,17,18,19). The van der Waals surface area contributed by atoms with Crippen LogP contribution in [0.3, 0.4) is 0 Å². The third kappa shape index (κ3) is 2.98. The molecule has 4 nitrogen and oxygen atoms in total. The van der Waals surface area contributed by atoms with Gasteiger partial charge in [-0.25, -0.2) is 4.98 Å². The summed E-state index contributed by atoms with van der Waals surface area (Å²) in [6.07, 6.45) is 5.02. The van der Waals surface area contributed by atoms with Gasteiger partial charge in [0.25, 0.3) is 0 Å². The Morgan fingerprint density at radius 2 is 1.90 bits per heavy atom. The molecule has 0 bridgehead atoms. The molecule has 0 aliphatic rings. The Hall–Kier alpha value is -2.53. The van der Waals surface area contributed by atoms with Gasteiger partial charge < -0.3 is 5.32 Å². The number of carbonyl (C=O) groups is 1. The van der Waals surface area contributed by atoms with E-state index in [1.165, 1.54) is 11.3 Å². The van der Waals surface area contributed by atoms with Gasteiger partial charge in [-0.15, -0.1) is 0 Å². The minimum absolute atomic E-state index is 0.00776. The zero-order valence-corrected chi connectivity index (χ0v) is 12.2. The predicted octanol–water partition coefficient (Wildman–Crippen LogP) is 3.82. The first-order valence-corrected chi connectivity index (χ1v) is 7.29. The molecule has 5 heteroatoms. The Morgan fingerprint density at radius 1 is 1.14 bits per heavy atom. The van der Waals surface area contributed by atoms with Gasteiger partial charge >= 0.3 is 0 Å². The quantitative estimate of drug-likeness (QED) is 0.743. The Bertz CT molecular complexity index is 768. The van der Waals surface area contributed by atoms with Crippen molar-refractivity contribution in [3.63, 3.8) is 0 Å². The number of benzene rings is 1. The maximum absolute atomic E-state index is 12.5. The third-order valence-electron chi connectivity index (χ3n) is 3.05. The number of nitrogens with zero attached hydrogens (tertiary/aromatic N) is 2. The molecule has 0 aliphatic carbocycles. The highest BCUT2D eigenvalue weighted by atomic mass is 32.1. The van der Waals surface area contributed by atoms with Crippen LogP contribution in [0.1, 0.15) is 20.8 Å². The molecule has 0 amide bonds. The fourth-order valence-corrected chi connectivity index (χ4v) is 2.75. The molecule has 2 heterocycles. The van der Waals surface area contributed by atoms with Crippen LogP contribution in [0.5, 0.6) is 0 Å². The summed E-state index contributed by atoms with van der Waals surface area (Å²) in [5, 5.41) is 3.85. The zero-order chi connectivity index (χ0) is 14.7. The van der Waals surface area contributed by atoms with E-state index in [0.717, 1.165) is 16.8 Å². The number of aryl methyl sites for hydroxylation is 1. The molecule has 0 radical (unpaired) electrons. The lowest BCUT2D eigenvalue weighted by Crippen LogP contribution is -2.00. The van der Waals surface area contributed by atoms with Gasteiger partial charge in [0.15, 0.2) is 5.13 Å². The van der Waals surface area contributed by atoms with Crippen LogP contribution in [-0.2, 0) is 0 Å². The summed E-state index contributed by atoms with van der Waals surface area (Å²) in [6, 6.07) is 11.3. The van der Waals surface area contributed by atoms with Crippen molar-refractivity contribution in [3.8, 4) is 0 Å². The summed E-state index contributed by atoms with van der Waals surface area (Å²) in [5.74, 6) is 0.00776. The first kappa shape index (κ1) is 13.5. The predicted molar refractivity (Wildman–Crippen MR) is 84.2 cm³/mol. The molecule has 1 aromatic carbocycles. The van der Waals surface area contributed by atoms with Crippen molar-refractivity contribution in [1.82, 2.24) is 9.97 Å². The smallest absolute Gasteiger partial charge is 0.204 e. The van der Waals surface area contributed by atoms with Gasteiger partial charge in [0.2, 0.25) is 5.78 Å². The van der Waals surface area contributed by atoms with E-state index < -0.39 is 0 Å². The molecule has 0 atom stereocenters. The second-order valence-electron chi connectivity index (χ2n) is 4.53. The Kier molecular flexibility index (Phi) is 3.75. The average molecular weight is 295 g/mol. The topological polar surface area (TPSA) is 54.9 Å². The maximum Gasteiger partial charge on any atom is 0.204 e. The van der Waals surface area contributed by atoms with Crippen LogP contribution in [0.4, 0.5) is 10.8 Å². The molecular formula is C16H13N3OS. The molecule has 0 fully saturated rings. The molecule has 0 saturated carbocycles. The Balaban J connectivity index is 1.82. The average Bonchev–Trinajstić information content (AvgIpc) is 2.97. The summed E-state index contributed by atoms with van der Waals surface area (Å²) in [4.78, 5) is 21.3. The molecule has 21 heavy (non-hydrogen) atoms. The van der Waals surface area contributed by atoms with E-state index in [9.17, 15) is 4.79 Å². The lowest BCUT2D eigenvalue weighted by Gasteiger charge is -2.02. The largest absolute Gasteiger partial charge is 0.331 e. The monoisotopic (exact) mass is 295 g/mol. The van der Waals surface area contributed by atoms with Crippen LogP contribution >= 0.6 is 11.3 Å². The van der Waals surface area contributed by atoms with E-state index in [1.807, 2.05) is 43.3 Å². The van der Waals surface area contributed by atoms with Crippen LogP contribution in [0.15, 0.2) is 55.0 Å². The molecule has 0 saturated heterocycles. The maximum atomic E-state index is 12.5. The number of anilines is 2. The molecule has 2 aromatic heterocycles. The normalized spacial score (nSPS) is 10.3. The zero-order valence-electron chi connectivity index (χ0n) is 11.4. The Morgan fingerprint density at radius 3 is 2.67 bits per heavy atom. The van der Waals surface area contributed by atoms with Crippen molar-refractivity contribution < 1.29 is 4.79 Å². The molecular weight excluding hydrogens is 282 g/mol. The summed E-state index contributed by atoms with van der Waals surface area (Å²) in [6.45, 7) is 1.93. The number of pyridine rings is 1. The molecule has 0 unspecified atom stereocenters. The van der Waals surface area contributed by atoms with E-state index in [-0.39, 0.29) is 5.78 Å². The summed E-state index contributed by atoms with van der Waals surface area (Å²) < 4.78 is 0. The third-order valence-corrected chi connectivity index (χ3v) is 3.96. The Labute approximate surface area is 126 Å². The minimum Gasteiger partial charge on any atom is -0.331 e. The summed E-state index contributed by atoms with van der Waals surface area (Å²) in [5.41, 5.74) is 2.59. The van der Waals surface area contributed by atoms with Crippen LogP contribution in [0.25, 0.3) is 0 Å². The number of hydrogen-bond acceptors (Lipinski definition) is 5. The second-order valence-corrected chi connectivity index (χ2v) is 5.57. The van der Waals surface area contributed by atoms with Gasteiger partial charge in [-0.3, -0.25) is 9.78 Å². The van der Waals surface area contributed by atoms with Crippen molar-refractivity contribution in [2.75, 3.05) is 5.32 Å². The number of aromatic nitrogens is 2. The molecule has 0 spiro atoms. The lowest BCUT2D eigenvalue weighted by atomic mass is 10.0. The van der Waals surface area contributed by atoms with Gasteiger partial charge in [0.1, 0.15) is 0 Å².